The van der Waals surface area contributed by atoms with E-state index >= 15 is 0 Å². The largest absolute Gasteiger partial charge is 0.395 e. The quantitative estimate of drug-likeness (QED) is 0.908. The van der Waals surface area contributed by atoms with Crippen LogP contribution in [-0.4, -0.2) is 24.2 Å². The van der Waals surface area contributed by atoms with Gasteiger partial charge in [0.05, 0.1) is 12.2 Å². The monoisotopic (exact) mass is 287 g/mol. The summed E-state index contributed by atoms with van der Waals surface area (Å²) in [6.45, 7) is 3.96. The van der Waals surface area contributed by atoms with Crippen LogP contribution >= 0.6 is 0 Å². The second-order valence-corrected chi connectivity index (χ2v) is 4.97. The van der Waals surface area contributed by atoms with Crippen molar-refractivity contribution in [1.82, 2.24) is 5.32 Å². The Morgan fingerprint density at radius 3 is 2.38 bits per heavy atom. The average Bonchev–Trinajstić information content (AvgIpc) is 2.47. The Morgan fingerprint density at radius 2 is 1.76 bits per heavy atom. The fourth-order valence-electron chi connectivity index (χ4n) is 2.06. The number of carbonyl (C=O) groups is 1. The molecule has 2 rings (SSSR count). The van der Waals surface area contributed by atoms with Gasteiger partial charge in [0.2, 0.25) is 0 Å². The molecule has 2 aromatic rings. The molecule has 0 saturated heterocycles. The van der Waals surface area contributed by atoms with Crippen LogP contribution in [0.15, 0.2) is 36.4 Å². The van der Waals surface area contributed by atoms with E-state index in [4.69, 9.17) is 5.11 Å². The van der Waals surface area contributed by atoms with Crippen molar-refractivity contribution in [3.8, 4) is 11.1 Å². The van der Waals surface area contributed by atoms with E-state index in [0.29, 0.717) is 0 Å². The predicted octanol–water partition coefficient (Wildman–Crippen LogP) is 2.83. The molecule has 21 heavy (non-hydrogen) atoms. The van der Waals surface area contributed by atoms with Gasteiger partial charge in [-0.1, -0.05) is 24.3 Å². The van der Waals surface area contributed by atoms with E-state index in [0.717, 1.165) is 16.7 Å². The molecule has 0 bridgehead atoms. The van der Waals surface area contributed by atoms with Crippen LogP contribution in [0.5, 0.6) is 0 Å². The molecular weight excluding hydrogens is 269 g/mol. The molecule has 110 valence electrons. The summed E-state index contributed by atoms with van der Waals surface area (Å²) in [6, 6.07) is 10.5. The molecule has 4 heteroatoms. The molecule has 0 spiro atoms. The van der Waals surface area contributed by atoms with E-state index in [1.54, 1.807) is 6.07 Å². The number of nitrogens with one attached hydrogen (secondary N) is 1. The number of benzene rings is 2. The van der Waals surface area contributed by atoms with Crippen molar-refractivity contribution in [1.29, 1.82) is 0 Å². The van der Waals surface area contributed by atoms with Crippen LogP contribution in [0.4, 0.5) is 4.39 Å². The van der Waals surface area contributed by atoms with Gasteiger partial charge in [-0.25, -0.2) is 4.39 Å². The lowest BCUT2D eigenvalue weighted by Gasteiger charge is -2.08. The van der Waals surface area contributed by atoms with Gasteiger partial charge in [-0.2, -0.15) is 0 Å². The van der Waals surface area contributed by atoms with Crippen LogP contribution in [-0.2, 0) is 0 Å². The molecule has 0 heterocycles. The van der Waals surface area contributed by atoms with Gasteiger partial charge in [-0.3, -0.25) is 4.79 Å². The highest BCUT2D eigenvalue weighted by atomic mass is 19.1. The first-order valence-corrected chi connectivity index (χ1v) is 6.79. The Morgan fingerprint density at radius 1 is 1.10 bits per heavy atom. The van der Waals surface area contributed by atoms with Crippen LogP contribution in [0.3, 0.4) is 0 Å². The van der Waals surface area contributed by atoms with Gasteiger partial charge in [0.15, 0.2) is 0 Å². The molecule has 0 saturated carbocycles. The van der Waals surface area contributed by atoms with E-state index in [-0.39, 0.29) is 18.7 Å². The Balaban J connectivity index is 2.30. The zero-order valence-electron chi connectivity index (χ0n) is 12.1. The number of hydrogen-bond donors (Lipinski definition) is 2. The lowest BCUT2D eigenvalue weighted by atomic mass is 9.99. The second-order valence-electron chi connectivity index (χ2n) is 4.97. The van der Waals surface area contributed by atoms with E-state index in [9.17, 15) is 9.18 Å². The number of aryl methyl sites for hydroxylation is 2. The molecule has 2 N–H and O–H groups in total. The lowest BCUT2D eigenvalue weighted by molar-refractivity contribution is 0.0941. The fourth-order valence-corrected chi connectivity index (χ4v) is 2.06. The van der Waals surface area contributed by atoms with Crippen LogP contribution < -0.4 is 5.32 Å². The summed E-state index contributed by atoms with van der Waals surface area (Å²) in [5.74, 6) is -1.09. The summed E-state index contributed by atoms with van der Waals surface area (Å²) in [4.78, 5) is 11.7. The Kier molecular flexibility index (Phi) is 4.70. The number of aliphatic hydroxyl groups is 1. The fraction of sp³-hybridized carbons (Fsp3) is 0.235. The molecule has 1 amide bonds. The maximum atomic E-state index is 14.1. The van der Waals surface area contributed by atoms with Crippen LogP contribution in [0, 0.1) is 19.7 Å². The van der Waals surface area contributed by atoms with E-state index in [2.05, 4.69) is 5.32 Å². The second kappa shape index (κ2) is 6.50. The van der Waals surface area contributed by atoms with E-state index in [1.165, 1.54) is 17.7 Å². The van der Waals surface area contributed by atoms with Gasteiger partial charge in [-0.05, 0) is 48.2 Å². The summed E-state index contributed by atoms with van der Waals surface area (Å²) in [5, 5.41) is 11.1. The number of aliphatic hydroxyl groups excluding tert-OH is 1. The van der Waals surface area contributed by atoms with Crippen LogP contribution in [0.2, 0.25) is 0 Å². The third kappa shape index (κ3) is 3.47. The summed E-state index contributed by atoms with van der Waals surface area (Å²) in [5.41, 5.74) is 3.95. The van der Waals surface area contributed by atoms with Gasteiger partial charge >= 0.3 is 0 Å². The normalized spacial score (nSPS) is 10.5. The topological polar surface area (TPSA) is 49.3 Å². The molecule has 0 atom stereocenters. The first kappa shape index (κ1) is 15.2. The molecule has 0 aliphatic carbocycles. The number of carbonyl (C=O) groups excluding carboxylic acids is 1. The van der Waals surface area contributed by atoms with Crippen LogP contribution in [0.1, 0.15) is 21.5 Å². The highest BCUT2D eigenvalue weighted by molar-refractivity contribution is 5.95. The molecule has 3 nitrogen and oxygen atoms in total. The highest BCUT2D eigenvalue weighted by Crippen LogP contribution is 2.24. The lowest BCUT2D eigenvalue weighted by Crippen LogP contribution is -2.27. The SMILES string of the molecule is Cc1ccc(-c2ccc(C(=O)NCCO)c(F)c2)cc1C. The van der Waals surface area contributed by atoms with Crippen molar-refractivity contribution in [2.75, 3.05) is 13.2 Å². The highest BCUT2D eigenvalue weighted by Gasteiger charge is 2.12. The minimum atomic E-state index is -0.568. The maximum Gasteiger partial charge on any atom is 0.254 e. The first-order valence-electron chi connectivity index (χ1n) is 6.79. The molecule has 0 aliphatic heterocycles. The summed E-state index contributed by atoms with van der Waals surface area (Å²) < 4.78 is 14.1. The predicted molar refractivity (Wildman–Crippen MR) is 80.7 cm³/mol. The van der Waals surface area contributed by atoms with Gasteiger partial charge in [0.1, 0.15) is 5.82 Å². The Hall–Kier alpha value is -2.20. The third-order valence-corrected chi connectivity index (χ3v) is 3.45. The smallest absolute Gasteiger partial charge is 0.254 e. The number of halogens is 1. The zero-order chi connectivity index (χ0) is 15.4. The molecule has 2 aromatic carbocycles. The van der Waals surface area contributed by atoms with Crippen molar-refractivity contribution in [3.63, 3.8) is 0 Å². The van der Waals surface area contributed by atoms with E-state index in [1.807, 2.05) is 32.0 Å². The molecular formula is C17H18FNO2. The molecule has 0 aliphatic rings. The summed E-state index contributed by atoms with van der Waals surface area (Å²) in [7, 11) is 0. The number of rotatable bonds is 4. The molecule has 0 unspecified atom stereocenters. The summed E-state index contributed by atoms with van der Waals surface area (Å²) >= 11 is 0. The van der Waals surface area contributed by atoms with E-state index < -0.39 is 11.7 Å². The zero-order valence-corrected chi connectivity index (χ0v) is 12.1. The molecule has 0 aromatic heterocycles. The minimum Gasteiger partial charge on any atom is -0.395 e. The van der Waals surface area contributed by atoms with Crippen molar-refractivity contribution in [2.45, 2.75) is 13.8 Å². The van der Waals surface area contributed by atoms with Gasteiger partial charge in [0.25, 0.3) is 5.91 Å². The molecule has 0 fully saturated rings. The minimum absolute atomic E-state index is 0.0176. The van der Waals surface area contributed by atoms with Crippen LogP contribution in [0.25, 0.3) is 11.1 Å². The van der Waals surface area contributed by atoms with Crippen molar-refractivity contribution in [2.24, 2.45) is 0 Å². The van der Waals surface area contributed by atoms with Crippen molar-refractivity contribution >= 4 is 5.91 Å². The average molecular weight is 287 g/mol. The van der Waals surface area contributed by atoms with Gasteiger partial charge < -0.3 is 10.4 Å². The third-order valence-electron chi connectivity index (χ3n) is 3.45. The number of amides is 1. The van der Waals surface area contributed by atoms with Crippen molar-refractivity contribution < 1.29 is 14.3 Å². The van der Waals surface area contributed by atoms with Gasteiger partial charge in [0, 0.05) is 6.54 Å². The Labute approximate surface area is 123 Å². The van der Waals surface area contributed by atoms with Gasteiger partial charge in [-0.15, -0.1) is 0 Å². The molecule has 0 radical (unpaired) electrons. The Bertz CT molecular complexity index is 668. The summed E-state index contributed by atoms with van der Waals surface area (Å²) in [6.07, 6.45) is 0. The standard InChI is InChI=1S/C17H18FNO2/c1-11-3-4-13(9-12(11)2)14-5-6-15(16(18)10-14)17(21)19-7-8-20/h3-6,9-10,20H,7-8H2,1-2H3,(H,19,21). The number of hydrogen-bond acceptors (Lipinski definition) is 2. The van der Waals surface area contributed by atoms with Crippen molar-refractivity contribution in [3.05, 3.63) is 58.9 Å². The maximum absolute atomic E-state index is 14.1. The first-order chi connectivity index (χ1) is 10.0.